The monoisotopic (exact) mass is 319 g/mol. The van der Waals surface area contributed by atoms with E-state index in [1.54, 1.807) is 0 Å². The second kappa shape index (κ2) is 6.71. The highest BCUT2D eigenvalue weighted by atomic mass is 79.9. The molecule has 0 spiro atoms. The van der Waals surface area contributed by atoms with Crippen LogP contribution in [-0.4, -0.2) is 29.2 Å². The van der Waals surface area contributed by atoms with Crippen molar-refractivity contribution in [2.75, 3.05) is 18.4 Å². The van der Waals surface area contributed by atoms with Crippen LogP contribution in [-0.2, 0) is 0 Å². The highest BCUT2D eigenvalue weighted by Gasteiger charge is 2.16. The standard InChI is InChI=1S/C16H18BrNO/c1-2-11-18(12-10-17)16(19)15-9-5-7-13-6-3-4-8-14(13)15/h3-9H,2,10-12H2,1H3. The van der Waals surface area contributed by atoms with Crippen molar-refractivity contribution in [2.24, 2.45) is 0 Å². The number of nitrogens with zero attached hydrogens (tertiary/aromatic N) is 1. The molecule has 0 aliphatic carbocycles. The van der Waals surface area contributed by atoms with E-state index in [1.807, 2.05) is 47.4 Å². The van der Waals surface area contributed by atoms with Gasteiger partial charge in [0.05, 0.1) is 0 Å². The molecule has 1 amide bonds. The van der Waals surface area contributed by atoms with Crippen molar-refractivity contribution in [3.05, 3.63) is 48.0 Å². The summed E-state index contributed by atoms with van der Waals surface area (Å²) in [6.07, 6.45) is 0.976. The second-order valence-corrected chi connectivity index (χ2v) is 5.30. The van der Waals surface area contributed by atoms with Crippen LogP contribution in [0.4, 0.5) is 0 Å². The molecular weight excluding hydrogens is 302 g/mol. The van der Waals surface area contributed by atoms with Crippen molar-refractivity contribution in [1.82, 2.24) is 4.90 Å². The van der Waals surface area contributed by atoms with Crippen LogP contribution in [0.25, 0.3) is 10.8 Å². The van der Waals surface area contributed by atoms with E-state index in [0.717, 1.165) is 41.2 Å². The Morgan fingerprint density at radius 2 is 1.84 bits per heavy atom. The van der Waals surface area contributed by atoms with Crippen LogP contribution in [0, 0.1) is 0 Å². The normalized spacial score (nSPS) is 10.6. The molecule has 0 radical (unpaired) electrons. The molecule has 19 heavy (non-hydrogen) atoms. The molecule has 2 aromatic rings. The first-order valence-electron chi connectivity index (χ1n) is 6.61. The van der Waals surface area contributed by atoms with Crippen LogP contribution in [0.15, 0.2) is 42.5 Å². The molecule has 0 N–H and O–H groups in total. The van der Waals surface area contributed by atoms with Crippen LogP contribution in [0.3, 0.4) is 0 Å². The fraction of sp³-hybridized carbons (Fsp3) is 0.312. The van der Waals surface area contributed by atoms with Crippen molar-refractivity contribution in [3.63, 3.8) is 0 Å². The number of hydrogen-bond acceptors (Lipinski definition) is 1. The van der Waals surface area contributed by atoms with E-state index in [9.17, 15) is 4.79 Å². The lowest BCUT2D eigenvalue weighted by molar-refractivity contribution is 0.0768. The summed E-state index contributed by atoms with van der Waals surface area (Å²) in [7, 11) is 0. The number of hydrogen-bond donors (Lipinski definition) is 0. The number of halogens is 1. The fourth-order valence-corrected chi connectivity index (χ4v) is 2.70. The van der Waals surface area contributed by atoms with Gasteiger partial charge in [-0.2, -0.15) is 0 Å². The summed E-state index contributed by atoms with van der Waals surface area (Å²) in [5.41, 5.74) is 0.799. The van der Waals surface area contributed by atoms with E-state index in [2.05, 4.69) is 22.9 Å². The minimum atomic E-state index is 0.123. The Hall–Kier alpha value is -1.35. The number of rotatable bonds is 5. The highest BCUT2D eigenvalue weighted by molar-refractivity contribution is 9.09. The zero-order valence-corrected chi connectivity index (χ0v) is 12.7. The van der Waals surface area contributed by atoms with E-state index in [0.29, 0.717) is 0 Å². The van der Waals surface area contributed by atoms with Gasteiger partial charge in [-0.1, -0.05) is 59.3 Å². The number of benzene rings is 2. The number of fused-ring (bicyclic) bond motifs is 1. The van der Waals surface area contributed by atoms with Crippen molar-refractivity contribution < 1.29 is 4.79 Å². The van der Waals surface area contributed by atoms with Gasteiger partial charge < -0.3 is 4.90 Å². The molecule has 0 atom stereocenters. The highest BCUT2D eigenvalue weighted by Crippen LogP contribution is 2.20. The van der Waals surface area contributed by atoms with Crippen LogP contribution in [0.1, 0.15) is 23.7 Å². The third kappa shape index (κ3) is 3.16. The average molecular weight is 320 g/mol. The maximum absolute atomic E-state index is 12.6. The first-order chi connectivity index (χ1) is 9.27. The molecule has 0 saturated heterocycles. The molecule has 2 aromatic carbocycles. The lowest BCUT2D eigenvalue weighted by atomic mass is 10.0. The van der Waals surface area contributed by atoms with Crippen molar-refractivity contribution in [1.29, 1.82) is 0 Å². The molecule has 2 rings (SSSR count). The molecular formula is C16H18BrNO. The zero-order chi connectivity index (χ0) is 13.7. The Labute approximate surface area is 122 Å². The van der Waals surface area contributed by atoms with Gasteiger partial charge in [-0.05, 0) is 23.3 Å². The van der Waals surface area contributed by atoms with Crippen LogP contribution >= 0.6 is 15.9 Å². The van der Waals surface area contributed by atoms with Gasteiger partial charge in [0.1, 0.15) is 0 Å². The Kier molecular flexibility index (Phi) is 4.97. The summed E-state index contributed by atoms with van der Waals surface area (Å²) < 4.78 is 0. The van der Waals surface area contributed by atoms with Gasteiger partial charge in [-0.3, -0.25) is 4.79 Å². The van der Waals surface area contributed by atoms with E-state index in [-0.39, 0.29) is 5.91 Å². The van der Waals surface area contributed by atoms with Crippen LogP contribution in [0.5, 0.6) is 0 Å². The van der Waals surface area contributed by atoms with Crippen LogP contribution in [0.2, 0.25) is 0 Å². The van der Waals surface area contributed by atoms with E-state index >= 15 is 0 Å². The molecule has 0 aliphatic rings. The summed E-state index contributed by atoms with van der Waals surface area (Å²) in [6, 6.07) is 13.9. The van der Waals surface area contributed by atoms with Crippen LogP contribution < -0.4 is 0 Å². The lowest BCUT2D eigenvalue weighted by Crippen LogP contribution is -2.33. The van der Waals surface area contributed by atoms with E-state index in [4.69, 9.17) is 0 Å². The van der Waals surface area contributed by atoms with E-state index in [1.165, 1.54) is 0 Å². The SMILES string of the molecule is CCCN(CCBr)C(=O)c1cccc2ccccc12. The first-order valence-corrected chi connectivity index (χ1v) is 7.73. The Morgan fingerprint density at radius 3 is 2.58 bits per heavy atom. The molecule has 2 nitrogen and oxygen atoms in total. The molecule has 100 valence electrons. The van der Waals surface area contributed by atoms with Crippen molar-refractivity contribution in [3.8, 4) is 0 Å². The topological polar surface area (TPSA) is 20.3 Å². The quantitative estimate of drug-likeness (QED) is 0.760. The third-order valence-corrected chi connectivity index (χ3v) is 3.51. The Morgan fingerprint density at radius 1 is 1.11 bits per heavy atom. The number of carbonyl (C=O) groups excluding carboxylic acids is 1. The smallest absolute Gasteiger partial charge is 0.254 e. The molecule has 0 aromatic heterocycles. The van der Waals surface area contributed by atoms with Crippen molar-refractivity contribution >= 4 is 32.6 Å². The summed E-state index contributed by atoms with van der Waals surface area (Å²) in [5.74, 6) is 0.123. The van der Waals surface area contributed by atoms with E-state index < -0.39 is 0 Å². The summed E-state index contributed by atoms with van der Waals surface area (Å²) in [6.45, 7) is 3.64. The predicted molar refractivity (Wildman–Crippen MR) is 83.9 cm³/mol. The number of alkyl halides is 1. The van der Waals surface area contributed by atoms with Gasteiger partial charge in [-0.15, -0.1) is 0 Å². The molecule has 0 bridgehead atoms. The van der Waals surface area contributed by atoms with Gasteiger partial charge in [0.25, 0.3) is 5.91 Å². The van der Waals surface area contributed by atoms with Gasteiger partial charge >= 0.3 is 0 Å². The second-order valence-electron chi connectivity index (χ2n) is 4.51. The van der Waals surface area contributed by atoms with Gasteiger partial charge in [-0.25, -0.2) is 0 Å². The largest absolute Gasteiger partial charge is 0.338 e. The molecule has 0 aliphatic heterocycles. The molecule has 0 fully saturated rings. The lowest BCUT2D eigenvalue weighted by Gasteiger charge is -2.21. The summed E-state index contributed by atoms with van der Waals surface area (Å²) in [5, 5.41) is 2.96. The average Bonchev–Trinajstić information content (AvgIpc) is 2.46. The molecule has 3 heteroatoms. The molecule has 0 heterocycles. The maximum atomic E-state index is 12.6. The predicted octanol–water partition coefficient (Wildman–Crippen LogP) is 4.09. The van der Waals surface area contributed by atoms with Gasteiger partial charge in [0.15, 0.2) is 0 Å². The maximum Gasteiger partial charge on any atom is 0.254 e. The first kappa shape index (κ1) is 14.1. The molecule has 0 saturated carbocycles. The van der Waals surface area contributed by atoms with Gasteiger partial charge in [0.2, 0.25) is 0 Å². The number of carbonyl (C=O) groups is 1. The Balaban J connectivity index is 2.39. The fourth-order valence-electron chi connectivity index (χ4n) is 2.27. The number of amides is 1. The minimum absolute atomic E-state index is 0.123. The summed E-state index contributed by atoms with van der Waals surface area (Å²) in [4.78, 5) is 14.6. The van der Waals surface area contributed by atoms with Crippen molar-refractivity contribution in [2.45, 2.75) is 13.3 Å². The molecule has 0 unspecified atom stereocenters. The minimum Gasteiger partial charge on any atom is -0.338 e. The third-order valence-electron chi connectivity index (χ3n) is 3.16. The Bertz CT molecular complexity index is 556. The zero-order valence-electron chi connectivity index (χ0n) is 11.1. The summed E-state index contributed by atoms with van der Waals surface area (Å²) >= 11 is 3.42. The van der Waals surface area contributed by atoms with Gasteiger partial charge in [0, 0.05) is 24.0 Å².